The fraction of sp³-hybridized carbons (Fsp3) is 0.667. The van der Waals surface area contributed by atoms with E-state index in [-0.39, 0.29) is 11.3 Å². The molecule has 1 rings (SSSR count). The minimum atomic E-state index is -0.212. The summed E-state index contributed by atoms with van der Waals surface area (Å²) in [7, 11) is 0. The normalized spacial score (nSPS) is 31.5. The number of carbonyl (C=O) groups excluding carboxylic acids is 1. The number of halogens is 1. The molecule has 0 spiro atoms. The van der Waals surface area contributed by atoms with Crippen molar-refractivity contribution in [3.05, 3.63) is 12.2 Å². The van der Waals surface area contributed by atoms with Crippen LogP contribution < -0.4 is 5.32 Å². The maximum atomic E-state index is 10.8. The number of hydrogen-bond donors (Lipinski definition) is 2. The first kappa shape index (κ1) is 11.4. The third-order valence-corrected chi connectivity index (χ3v) is 3.79. The lowest BCUT2D eigenvalue weighted by atomic mass is 10.0. The summed E-state index contributed by atoms with van der Waals surface area (Å²) in [6, 6.07) is 0.288. The van der Waals surface area contributed by atoms with Crippen molar-refractivity contribution in [1.82, 2.24) is 5.32 Å². The van der Waals surface area contributed by atoms with E-state index in [4.69, 9.17) is 0 Å². The van der Waals surface area contributed by atoms with E-state index in [9.17, 15) is 4.79 Å². The Kier molecular flexibility index (Phi) is 5.16. The second-order valence-corrected chi connectivity index (χ2v) is 5.20. The van der Waals surface area contributed by atoms with E-state index >= 15 is 0 Å². The van der Waals surface area contributed by atoms with Gasteiger partial charge in [-0.2, -0.15) is 0 Å². The first-order valence-electron chi connectivity index (χ1n) is 4.48. The predicted octanol–water partition coefficient (Wildman–Crippen LogP) is 2.93. The Labute approximate surface area is 98.1 Å². The molecule has 4 heteroatoms. The maximum Gasteiger partial charge on any atom is 0.276 e. The Morgan fingerprint density at radius 3 is 2.62 bits per heavy atom. The summed E-state index contributed by atoms with van der Waals surface area (Å²) in [5.74, 6) is 0. The van der Waals surface area contributed by atoms with Crippen LogP contribution in [-0.4, -0.2) is 15.2 Å². The van der Waals surface area contributed by atoms with E-state index in [1.165, 1.54) is 0 Å². The van der Waals surface area contributed by atoms with Crippen LogP contribution in [0.25, 0.3) is 0 Å². The molecule has 1 amide bonds. The summed E-state index contributed by atoms with van der Waals surface area (Å²) >= 11 is 6.15. The number of nitrogens with one attached hydrogen (secondary N) is 1. The molecule has 0 fully saturated rings. The van der Waals surface area contributed by atoms with Crippen molar-refractivity contribution >= 4 is 40.5 Å². The van der Waals surface area contributed by atoms with Crippen LogP contribution in [0, 0.1) is 0 Å². The summed E-state index contributed by atoms with van der Waals surface area (Å²) in [5.41, 5.74) is 0. The van der Waals surface area contributed by atoms with Gasteiger partial charge in [0.25, 0.3) is 5.24 Å². The zero-order valence-corrected chi connectivity index (χ0v) is 10.4. The molecule has 0 radical (unpaired) electrons. The van der Waals surface area contributed by atoms with Crippen LogP contribution in [0.5, 0.6) is 0 Å². The van der Waals surface area contributed by atoms with Gasteiger partial charge in [0.15, 0.2) is 0 Å². The molecule has 0 aromatic carbocycles. The highest BCUT2D eigenvalue weighted by molar-refractivity contribution is 14.1. The molecule has 2 atom stereocenters. The molecule has 0 saturated heterocycles. The number of carbonyl (C=O) groups is 1. The topological polar surface area (TPSA) is 29.1 Å². The van der Waals surface area contributed by atoms with Crippen molar-refractivity contribution in [1.29, 1.82) is 0 Å². The Morgan fingerprint density at radius 2 is 2.00 bits per heavy atom. The molecule has 13 heavy (non-hydrogen) atoms. The molecule has 0 heterocycles. The highest BCUT2D eigenvalue weighted by Gasteiger charge is 2.19. The van der Waals surface area contributed by atoms with E-state index in [1.807, 2.05) is 0 Å². The molecule has 1 N–H and O–H groups in total. The SMILES string of the molecule is O=C(S)N[C@@H]1CC/C=C/CCC1I. The first-order chi connectivity index (χ1) is 6.20. The number of rotatable bonds is 1. The number of amides is 1. The van der Waals surface area contributed by atoms with Crippen LogP contribution in [0.15, 0.2) is 12.2 Å². The predicted molar refractivity (Wildman–Crippen MR) is 66.7 cm³/mol. The molecule has 0 bridgehead atoms. The lowest BCUT2D eigenvalue weighted by Crippen LogP contribution is -2.38. The molecule has 1 aliphatic rings. The molecule has 0 aromatic heterocycles. The standard InChI is InChI=1S/C9H14INOS/c10-7-5-3-1-2-4-6-8(7)11-9(12)13/h1-2,7-8H,3-6H2,(H2,11,12,13)/b2-1+/t7?,8-/m1/s1. The van der Waals surface area contributed by atoms with Crippen LogP contribution in [0.1, 0.15) is 25.7 Å². The number of thiol groups is 1. The Bertz CT molecular complexity index is 208. The van der Waals surface area contributed by atoms with Gasteiger partial charge in [-0.3, -0.25) is 4.79 Å². The number of alkyl halides is 1. The maximum absolute atomic E-state index is 10.8. The van der Waals surface area contributed by atoms with Crippen LogP contribution in [0.2, 0.25) is 0 Å². The van der Waals surface area contributed by atoms with Crippen molar-refractivity contribution in [3.63, 3.8) is 0 Å². The van der Waals surface area contributed by atoms with E-state index in [2.05, 4.69) is 52.7 Å². The summed E-state index contributed by atoms with van der Waals surface area (Å²) < 4.78 is 0.527. The number of allylic oxidation sites excluding steroid dienone is 2. The van der Waals surface area contributed by atoms with Crippen molar-refractivity contribution in [3.8, 4) is 0 Å². The minimum Gasteiger partial charge on any atom is -0.343 e. The number of hydrogen-bond acceptors (Lipinski definition) is 1. The van der Waals surface area contributed by atoms with E-state index in [1.54, 1.807) is 0 Å². The zero-order valence-electron chi connectivity index (χ0n) is 7.37. The van der Waals surface area contributed by atoms with Gasteiger partial charge < -0.3 is 5.32 Å². The average Bonchev–Trinajstić information content (AvgIpc) is 2.04. The van der Waals surface area contributed by atoms with Gasteiger partial charge in [-0.05, 0) is 25.7 Å². The van der Waals surface area contributed by atoms with Gasteiger partial charge in [0, 0.05) is 9.97 Å². The van der Waals surface area contributed by atoms with Gasteiger partial charge in [-0.1, -0.05) is 47.4 Å². The van der Waals surface area contributed by atoms with Gasteiger partial charge >= 0.3 is 0 Å². The van der Waals surface area contributed by atoms with Crippen molar-refractivity contribution in [2.75, 3.05) is 0 Å². The molecule has 74 valence electrons. The molecule has 0 aromatic rings. The Morgan fingerprint density at radius 1 is 1.38 bits per heavy atom. The summed E-state index contributed by atoms with van der Waals surface area (Å²) in [5, 5.41) is 2.67. The summed E-state index contributed by atoms with van der Waals surface area (Å²) in [4.78, 5) is 10.8. The van der Waals surface area contributed by atoms with E-state index in [0.717, 1.165) is 25.7 Å². The van der Waals surface area contributed by atoms with Gasteiger partial charge in [0.05, 0.1) is 0 Å². The first-order valence-corrected chi connectivity index (χ1v) is 6.18. The fourth-order valence-electron chi connectivity index (χ4n) is 1.47. The Hall–Kier alpha value is 0.290. The van der Waals surface area contributed by atoms with Gasteiger partial charge in [0.1, 0.15) is 0 Å². The third-order valence-electron chi connectivity index (χ3n) is 2.17. The van der Waals surface area contributed by atoms with Gasteiger partial charge in [0.2, 0.25) is 0 Å². The van der Waals surface area contributed by atoms with Gasteiger partial charge in [-0.15, -0.1) is 0 Å². The fourth-order valence-corrected chi connectivity index (χ4v) is 2.53. The summed E-state index contributed by atoms with van der Waals surface area (Å²) in [6.07, 6.45) is 8.75. The molecule has 1 unspecified atom stereocenters. The zero-order chi connectivity index (χ0) is 9.68. The average molecular weight is 311 g/mol. The van der Waals surface area contributed by atoms with E-state index < -0.39 is 0 Å². The van der Waals surface area contributed by atoms with Crippen LogP contribution in [-0.2, 0) is 0 Å². The molecule has 0 saturated carbocycles. The lowest BCUT2D eigenvalue weighted by Gasteiger charge is -2.23. The Balaban J connectivity index is 2.48. The van der Waals surface area contributed by atoms with E-state index in [0.29, 0.717) is 3.92 Å². The summed E-state index contributed by atoms with van der Waals surface area (Å²) in [6.45, 7) is 0. The van der Waals surface area contributed by atoms with Crippen molar-refractivity contribution < 1.29 is 4.79 Å². The van der Waals surface area contributed by atoms with Crippen molar-refractivity contribution in [2.45, 2.75) is 35.6 Å². The minimum absolute atomic E-state index is 0.212. The van der Waals surface area contributed by atoms with Crippen LogP contribution in [0.3, 0.4) is 0 Å². The molecule has 1 aliphatic carbocycles. The second-order valence-electron chi connectivity index (χ2n) is 3.20. The quantitative estimate of drug-likeness (QED) is 0.331. The van der Waals surface area contributed by atoms with Crippen molar-refractivity contribution in [2.24, 2.45) is 0 Å². The molecule has 0 aliphatic heterocycles. The van der Waals surface area contributed by atoms with Crippen LogP contribution in [0.4, 0.5) is 4.79 Å². The third kappa shape index (κ3) is 4.35. The lowest BCUT2D eigenvalue weighted by molar-refractivity contribution is 0.256. The van der Waals surface area contributed by atoms with Gasteiger partial charge in [-0.25, -0.2) is 0 Å². The monoisotopic (exact) mass is 311 g/mol. The highest BCUT2D eigenvalue weighted by Crippen LogP contribution is 2.20. The van der Waals surface area contributed by atoms with Crippen LogP contribution >= 0.6 is 35.2 Å². The molecule has 2 nitrogen and oxygen atoms in total. The molecular weight excluding hydrogens is 297 g/mol. The second kappa shape index (κ2) is 5.90. The highest BCUT2D eigenvalue weighted by atomic mass is 127. The smallest absolute Gasteiger partial charge is 0.276 e. The molecular formula is C9H14INOS. The largest absolute Gasteiger partial charge is 0.343 e.